The number of carbonyl (C=O) groups is 2. The maximum absolute atomic E-state index is 13.0. The Morgan fingerprint density at radius 2 is 1.79 bits per heavy atom. The van der Waals surface area contributed by atoms with Crippen LogP contribution in [0.3, 0.4) is 0 Å². The number of fused-ring (bicyclic) bond motifs is 1. The Morgan fingerprint density at radius 3 is 2.49 bits per heavy atom. The summed E-state index contributed by atoms with van der Waals surface area (Å²) in [6.07, 6.45) is -0.607. The number of nitrogen functional groups attached to an aromatic ring is 1. The Morgan fingerprint density at radius 1 is 1.08 bits per heavy atom. The number of rotatable bonds is 5. The molecule has 2 amide bonds. The van der Waals surface area contributed by atoms with Gasteiger partial charge in [-0.05, 0) is 56.0 Å². The number of nitrogens with one attached hydrogen (secondary N) is 2. The molecule has 12 heteroatoms. The molecule has 0 saturated heterocycles. The van der Waals surface area contributed by atoms with Gasteiger partial charge in [0.2, 0.25) is 0 Å². The number of hydrogen-bond acceptors (Lipinski definition) is 6. The van der Waals surface area contributed by atoms with Gasteiger partial charge in [-0.15, -0.1) is 0 Å². The molecular weight excluding hydrogens is 511 g/mol. The minimum atomic E-state index is -4.55. The predicted molar refractivity (Wildman–Crippen MR) is 138 cm³/mol. The molecule has 39 heavy (non-hydrogen) atoms. The molecule has 0 atom stereocenters. The SMILES string of the molecule is CC#CC(=O)N[C@H]1C[C@@H](n2nc(-c3ccc(C(=O)Nc4cc(C(F)(F)F)ccn4)cc3)c3c(N)nccc32)C1. The first-order valence-electron chi connectivity index (χ1n) is 11.9. The first kappa shape index (κ1) is 25.7. The van der Waals surface area contributed by atoms with E-state index >= 15 is 0 Å². The second-order valence-electron chi connectivity index (χ2n) is 9.01. The van der Waals surface area contributed by atoms with Crippen LogP contribution in [-0.4, -0.2) is 37.6 Å². The molecule has 198 valence electrons. The molecule has 3 heterocycles. The molecule has 5 rings (SSSR count). The maximum atomic E-state index is 13.0. The first-order valence-corrected chi connectivity index (χ1v) is 11.9. The highest BCUT2D eigenvalue weighted by atomic mass is 19.4. The van der Waals surface area contributed by atoms with Crippen molar-refractivity contribution in [1.82, 2.24) is 25.1 Å². The van der Waals surface area contributed by atoms with Crippen molar-refractivity contribution in [2.24, 2.45) is 0 Å². The van der Waals surface area contributed by atoms with E-state index in [9.17, 15) is 22.8 Å². The van der Waals surface area contributed by atoms with Crippen LogP contribution in [0.25, 0.3) is 22.2 Å². The topological polar surface area (TPSA) is 128 Å². The first-order chi connectivity index (χ1) is 18.6. The summed E-state index contributed by atoms with van der Waals surface area (Å²) in [6, 6.07) is 9.89. The zero-order valence-corrected chi connectivity index (χ0v) is 20.6. The molecule has 0 aliphatic heterocycles. The largest absolute Gasteiger partial charge is 0.416 e. The molecular formula is C27H22F3N7O2. The van der Waals surface area contributed by atoms with Gasteiger partial charge in [-0.3, -0.25) is 14.3 Å². The van der Waals surface area contributed by atoms with Gasteiger partial charge in [0.25, 0.3) is 11.8 Å². The molecule has 1 fully saturated rings. The summed E-state index contributed by atoms with van der Waals surface area (Å²) in [4.78, 5) is 32.4. The predicted octanol–water partition coefficient (Wildman–Crippen LogP) is 4.19. The van der Waals surface area contributed by atoms with Gasteiger partial charge in [-0.1, -0.05) is 18.1 Å². The molecule has 0 bridgehead atoms. The number of benzene rings is 1. The molecule has 1 aliphatic rings. The van der Waals surface area contributed by atoms with Gasteiger partial charge in [0.15, 0.2) is 0 Å². The molecule has 0 spiro atoms. The van der Waals surface area contributed by atoms with Crippen molar-refractivity contribution in [1.29, 1.82) is 0 Å². The van der Waals surface area contributed by atoms with Crippen LogP contribution in [0.1, 0.15) is 41.7 Å². The maximum Gasteiger partial charge on any atom is 0.416 e. The highest BCUT2D eigenvalue weighted by Gasteiger charge is 2.34. The minimum absolute atomic E-state index is 0.00524. The van der Waals surface area contributed by atoms with Crippen molar-refractivity contribution in [2.75, 3.05) is 11.1 Å². The van der Waals surface area contributed by atoms with E-state index in [1.165, 1.54) is 0 Å². The normalized spacial score (nSPS) is 16.6. The third-order valence-corrected chi connectivity index (χ3v) is 6.43. The van der Waals surface area contributed by atoms with Gasteiger partial charge in [-0.25, -0.2) is 9.97 Å². The van der Waals surface area contributed by atoms with E-state index in [1.807, 2.05) is 10.7 Å². The fourth-order valence-corrected chi connectivity index (χ4v) is 4.48. The number of hydrogen-bond donors (Lipinski definition) is 3. The number of pyridine rings is 2. The second-order valence-corrected chi connectivity index (χ2v) is 9.01. The van der Waals surface area contributed by atoms with Gasteiger partial charge in [0.05, 0.1) is 22.5 Å². The third kappa shape index (κ3) is 5.24. The summed E-state index contributed by atoms with van der Waals surface area (Å²) >= 11 is 0. The van der Waals surface area contributed by atoms with Gasteiger partial charge in [-0.2, -0.15) is 18.3 Å². The van der Waals surface area contributed by atoms with E-state index in [0.717, 1.165) is 23.8 Å². The summed E-state index contributed by atoms with van der Waals surface area (Å²) in [5, 5.41) is 10.7. The molecule has 3 aromatic heterocycles. The quantitative estimate of drug-likeness (QED) is 0.330. The fraction of sp³-hybridized carbons (Fsp3) is 0.222. The Labute approximate surface area is 220 Å². The summed E-state index contributed by atoms with van der Waals surface area (Å²) in [5.41, 5.74) is 7.57. The number of carbonyl (C=O) groups excluding carboxylic acids is 2. The van der Waals surface area contributed by atoms with E-state index in [0.29, 0.717) is 35.3 Å². The Hall–Kier alpha value is -4.92. The number of alkyl halides is 3. The zero-order chi connectivity index (χ0) is 27.7. The Bertz CT molecular complexity index is 1630. The molecule has 1 saturated carbocycles. The van der Waals surface area contributed by atoms with Gasteiger partial charge >= 0.3 is 6.18 Å². The number of nitrogens with two attached hydrogens (primary N) is 1. The smallest absolute Gasteiger partial charge is 0.383 e. The summed E-state index contributed by atoms with van der Waals surface area (Å²) in [6.45, 7) is 1.60. The van der Waals surface area contributed by atoms with Crippen LogP contribution in [0, 0.1) is 11.8 Å². The summed E-state index contributed by atoms with van der Waals surface area (Å²) in [5.74, 6) is 4.22. The highest BCUT2D eigenvalue weighted by Crippen LogP contribution is 2.39. The average Bonchev–Trinajstić information content (AvgIpc) is 3.26. The lowest BCUT2D eigenvalue weighted by Gasteiger charge is -2.35. The van der Waals surface area contributed by atoms with E-state index < -0.39 is 17.6 Å². The Balaban J connectivity index is 1.37. The van der Waals surface area contributed by atoms with Crippen LogP contribution in [0.4, 0.5) is 24.8 Å². The third-order valence-electron chi connectivity index (χ3n) is 6.43. The lowest BCUT2D eigenvalue weighted by atomic mass is 9.86. The molecule has 1 aliphatic carbocycles. The van der Waals surface area contributed by atoms with Gasteiger partial charge in [0, 0.05) is 29.6 Å². The number of amides is 2. The number of anilines is 2. The van der Waals surface area contributed by atoms with Crippen molar-refractivity contribution < 1.29 is 22.8 Å². The van der Waals surface area contributed by atoms with Crippen LogP contribution in [0.2, 0.25) is 0 Å². The Kier molecular flexibility index (Phi) is 6.66. The number of nitrogens with zero attached hydrogens (tertiary/aromatic N) is 4. The lowest BCUT2D eigenvalue weighted by Crippen LogP contribution is -2.44. The standard InChI is InChI=1S/C27H22F3N7O2/c1-2-3-22(38)34-18-13-19(14-18)37-20-9-11-33-25(31)23(20)24(36-37)15-4-6-16(7-5-15)26(39)35-21-12-17(8-10-32-21)27(28,29)30/h4-12,18-19H,13-14H2,1H3,(H2,31,33)(H,34,38)(H,32,35,39)/t18-,19+. The number of halogens is 3. The van der Waals surface area contributed by atoms with Crippen molar-refractivity contribution in [3.8, 4) is 23.1 Å². The zero-order valence-electron chi connectivity index (χ0n) is 20.6. The van der Waals surface area contributed by atoms with Crippen LogP contribution >= 0.6 is 0 Å². The van der Waals surface area contributed by atoms with Crippen LogP contribution in [-0.2, 0) is 11.0 Å². The van der Waals surface area contributed by atoms with Crippen LogP contribution < -0.4 is 16.4 Å². The van der Waals surface area contributed by atoms with Crippen molar-refractivity contribution in [2.45, 2.75) is 38.0 Å². The van der Waals surface area contributed by atoms with Crippen molar-refractivity contribution >= 4 is 34.4 Å². The molecule has 4 aromatic rings. The van der Waals surface area contributed by atoms with Gasteiger partial charge in [0.1, 0.15) is 17.3 Å². The average molecular weight is 534 g/mol. The lowest BCUT2D eigenvalue weighted by molar-refractivity contribution is -0.137. The monoisotopic (exact) mass is 533 g/mol. The van der Waals surface area contributed by atoms with E-state index in [1.54, 1.807) is 37.4 Å². The summed E-state index contributed by atoms with van der Waals surface area (Å²) < 4.78 is 40.8. The molecule has 4 N–H and O–H groups in total. The van der Waals surface area contributed by atoms with Crippen LogP contribution in [0.5, 0.6) is 0 Å². The number of aromatic nitrogens is 4. The second kappa shape index (κ2) is 10.1. The molecule has 0 radical (unpaired) electrons. The van der Waals surface area contributed by atoms with E-state index in [-0.39, 0.29) is 29.4 Å². The highest BCUT2D eigenvalue weighted by molar-refractivity contribution is 6.05. The van der Waals surface area contributed by atoms with E-state index in [4.69, 9.17) is 10.8 Å². The van der Waals surface area contributed by atoms with Crippen molar-refractivity contribution in [3.63, 3.8) is 0 Å². The van der Waals surface area contributed by atoms with Crippen molar-refractivity contribution in [3.05, 3.63) is 66.0 Å². The van der Waals surface area contributed by atoms with E-state index in [2.05, 4.69) is 32.4 Å². The minimum Gasteiger partial charge on any atom is -0.383 e. The van der Waals surface area contributed by atoms with Crippen LogP contribution in [0.15, 0.2) is 54.9 Å². The molecule has 1 aromatic carbocycles. The molecule has 0 unspecified atom stereocenters. The summed E-state index contributed by atoms with van der Waals surface area (Å²) in [7, 11) is 0. The van der Waals surface area contributed by atoms with Gasteiger partial charge < -0.3 is 16.4 Å². The fourth-order valence-electron chi connectivity index (χ4n) is 4.48. The molecule has 9 nitrogen and oxygen atoms in total.